The van der Waals surface area contributed by atoms with Gasteiger partial charge in [0.05, 0.1) is 18.6 Å². The Kier molecular flexibility index (Phi) is 6.48. The molecule has 0 aliphatic heterocycles. The molecule has 3 rings (SSSR count). The molecule has 2 aromatic rings. The fourth-order valence-electron chi connectivity index (χ4n) is 3.93. The van der Waals surface area contributed by atoms with Gasteiger partial charge < -0.3 is 14.8 Å². The maximum atomic E-state index is 13.4. The van der Waals surface area contributed by atoms with Gasteiger partial charge in [-0.3, -0.25) is 4.79 Å². The zero-order valence-corrected chi connectivity index (χ0v) is 17.7. The van der Waals surface area contributed by atoms with Crippen LogP contribution in [-0.2, 0) is 14.9 Å². The molecule has 0 unspecified atom stereocenters. The van der Waals surface area contributed by atoms with Gasteiger partial charge in [0.1, 0.15) is 11.3 Å². The number of hydrogen-bond acceptors (Lipinski definition) is 4. The minimum atomic E-state index is -0.670. The third-order valence-corrected chi connectivity index (χ3v) is 5.62. The van der Waals surface area contributed by atoms with Crippen molar-refractivity contribution >= 4 is 29.2 Å². The number of rotatable bonds is 6. The van der Waals surface area contributed by atoms with Gasteiger partial charge in [0.25, 0.3) is 0 Å². The molecule has 1 aliphatic carbocycles. The van der Waals surface area contributed by atoms with Crippen molar-refractivity contribution in [3.8, 4) is 5.75 Å². The number of carbonyl (C=O) groups excluding carboxylic acids is 2. The number of hydrogen-bond donors (Lipinski definition) is 1. The molecule has 0 radical (unpaired) electrons. The van der Waals surface area contributed by atoms with Gasteiger partial charge in [-0.25, -0.2) is 4.79 Å². The van der Waals surface area contributed by atoms with Gasteiger partial charge in [0, 0.05) is 10.7 Å². The summed E-state index contributed by atoms with van der Waals surface area (Å²) in [7, 11) is 1.32. The van der Waals surface area contributed by atoms with Gasteiger partial charge in [-0.2, -0.15) is 0 Å². The first-order valence-corrected chi connectivity index (χ1v) is 10.2. The minimum absolute atomic E-state index is 0.0965. The van der Waals surface area contributed by atoms with E-state index < -0.39 is 11.4 Å². The number of halogens is 1. The lowest BCUT2D eigenvalue weighted by Gasteiger charge is -2.29. The molecule has 1 aliphatic rings. The van der Waals surface area contributed by atoms with Gasteiger partial charge in [-0.05, 0) is 56.5 Å². The Morgan fingerprint density at radius 3 is 2.41 bits per heavy atom. The molecule has 0 atom stereocenters. The SMILES string of the molecule is COC(=O)c1cc(NC(=O)C2(c3ccccc3Cl)CCCC2)ccc1OC(C)C. The molecule has 0 saturated heterocycles. The number of esters is 1. The van der Waals surface area contributed by atoms with Crippen molar-refractivity contribution in [2.75, 3.05) is 12.4 Å². The summed E-state index contributed by atoms with van der Waals surface area (Å²) in [5, 5.41) is 3.59. The van der Waals surface area contributed by atoms with E-state index in [9.17, 15) is 9.59 Å². The molecule has 154 valence electrons. The number of nitrogens with one attached hydrogen (secondary N) is 1. The molecule has 2 aromatic carbocycles. The van der Waals surface area contributed by atoms with Crippen LogP contribution < -0.4 is 10.1 Å². The number of carbonyl (C=O) groups is 2. The Morgan fingerprint density at radius 2 is 1.79 bits per heavy atom. The molecule has 1 saturated carbocycles. The van der Waals surface area contributed by atoms with Gasteiger partial charge in [0.2, 0.25) is 5.91 Å². The smallest absolute Gasteiger partial charge is 0.341 e. The van der Waals surface area contributed by atoms with Crippen LogP contribution in [0.2, 0.25) is 5.02 Å². The summed E-state index contributed by atoms with van der Waals surface area (Å²) in [5.41, 5.74) is 0.975. The van der Waals surface area contributed by atoms with Gasteiger partial charge >= 0.3 is 5.97 Å². The summed E-state index contributed by atoms with van der Waals surface area (Å²) in [6, 6.07) is 12.5. The Labute approximate surface area is 176 Å². The molecule has 0 heterocycles. The van der Waals surface area contributed by atoms with E-state index in [-0.39, 0.29) is 17.6 Å². The molecule has 29 heavy (non-hydrogen) atoms. The van der Waals surface area contributed by atoms with Crippen LogP contribution in [0.15, 0.2) is 42.5 Å². The zero-order chi connectivity index (χ0) is 21.0. The van der Waals surface area contributed by atoms with Crippen LogP contribution in [-0.4, -0.2) is 25.1 Å². The van der Waals surface area contributed by atoms with Gasteiger partial charge in [-0.15, -0.1) is 0 Å². The van der Waals surface area contributed by atoms with Crippen LogP contribution in [0.1, 0.15) is 55.5 Å². The average Bonchev–Trinajstić information content (AvgIpc) is 3.19. The van der Waals surface area contributed by atoms with E-state index in [1.165, 1.54) is 7.11 Å². The first-order valence-electron chi connectivity index (χ1n) is 9.83. The van der Waals surface area contributed by atoms with E-state index in [4.69, 9.17) is 21.1 Å². The van der Waals surface area contributed by atoms with Crippen molar-refractivity contribution in [3.63, 3.8) is 0 Å². The maximum absolute atomic E-state index is 13.4. The predicted octanol–water partition coefficient (Wildman–Crippen LogP) is 5.36. The molecule has 6 heteroatoms. The summed E-state index contributed by atoms with van der Waals surface area (Å²) in [6.07, 6.45) is 3.31. The lowest BCUT2D eigenvalue weighted by Crippen LogP contribution is -2.38. The summed E-state index contributed by atoms with van der Waals surface area (Å²) in [5.74, 6) is -0.207. The van der Waals surface area contributed by atoms with Crippen LogP contribution in [0.25, 0.3) is 0 Å². The van der Waals surface area contributed by atoms with Crippen molar-refractivity contribution in [2.45, 2.75) is 51.0 Å². The number of benzene rings is 2. The van der Waals surface area contributed by atoms with E-state index in [2.05, 4.69) is 5.32 Å². The molecule has 5 nitrogen and oxygen atoms in total. The third-order valence-electron chi connectivity index (χ3n) is 5.29. The van der Waals surface area contributed by atoms with Crippen LogP contribution in [0.4, 0.5) is 5.69 Å². The Morgan fingerprint density at radius 1 is 1.10 bits per heavy atom. The van der Waals surface area contributed by atoms with Gasteiger partial charge in [-0.1, -0.05) is 42.6 Å². The minimum Gasteiger partial charge on any atom is -0.490 e. The first-order chi connectivity index (χ1) is 13.9. The van der Waals surface area contributed by atoms with Crippen molar-refractivity contribution in [1.82, 2.24) is 0 Å². The van der Waals surface area contributed by atoms with Crippen LogP contribution in [0, 0.1) is 0 Å². The van der Waals surface area contributed by atoms with E-state index in [1.54, 1.807) is 18.2 Å². The quantitative estimate of drug-likeness (QED) is 0.644. The average molecular weight is 416 g/mol. The second kappa shape index (κ2) is 8.87. The summed E-state index contributed by atoms with van der Waals surface area (Å²) in [6.45, 7) is 3.76. The van der Waals surface area contributed by atoms with Crippen molar-refractivity contribution in [3.05, 3.63) is 58.6 Å². The summed E-state index contributed by atoms with van der Waals surface area (Å²) in [4.78, 5) is 25.6. The highest BCUT2D eigenvalue weighted by Crippen LogP contribution is 2.44. The molecule has 0 aromatic heterocycles. The van der Waals surface area contributed by atoms with Crippen molar-refractivity contribution in [1.29, 1.82) is 0 Å². The number of anilines is 1. The first kappa shape index (κ1) is 21.2. The predicted molar refractivity (Wildman–Crippen MR) is 114 cm³/mol. The lowest BCUT2D eigenvalue weighted by atomic mass is 9.78. The standard InChI is InChI=1S/C23H26ClNO4/c1-15(2)29-20-11-10-16(14-17(20)21(26)28-3)25-22(27)23(12-6-7-13-23)18-8-4-5-9-19(18)24/h4-5,8-11,14-15H,6-7,12-13H2,1-3H3,(H,25,27). The highest BCUT2D eigenvalue weighted by Gasteiger charge is 2.44. The monoisotopic (exact) mass is 415 g/mol. The van der Waals surface area contributed by atoms with Crippen LogP contribution in [0.5, 0.6) is 5.75 Å². The molecule has 1 fully saturated rings. The zero-order valence-electron chi connectivity index (χ0n) is 17.0. The number of amides is 1. The van der Waals surface area contributed by atoms with Crippen LogP contribution >= 0.6 is 11.6 Å². The molecule has 0 bridgehead atoms. The molecular weight excluding hydrogens is 390 g/mol. The largest absolute Gasteiger partial charge is 0.490 e. The normalized spacial score (nSPS) is 15.2. The second-order valence-electron chi connectivity index (χ2n) is 7.59. The fraction of sp³-hybridized carbons (Fsp3) is 0.391. The topological polar surface area (TPSA) is 64.6 Å². The Bertz CT molecular complexity index is 904. The summed E-state index contributed by atoms with van der Waals surface area (Å²) < 4.78 is 10.6. The Hall–Kier alpha value is -2.53. The second-order valence-corrected chi connectivity index (χ2v) is 8.00. The highest BCUT2D eigenvalue weighted by molar-refractivity contribution is 6.32. The maximum Gasteiger partial charge on any atom is 0.341 e. The van der Waals surface area contributed by atoms with E-state index in [1.807, 2.05) is 38.1 Å². The summed E-state index contributed by atoms with van der Waals surface area (Å²) >= 11 is 6.44. The van der Waals surface area contributed by atoms with Crippen molar-refractivity contribution < 1.29 is 19.1 Å². The third kappa shape index (κ3) is 4.40. The fourth-order valence-corrected chi connectivity index (χ4v) is 4.25. The van der Waals surface area contributed by atoms with Gasteiger partial charge in [0.15, 0.2) is 0 Å². The molecule has 1 N–H and O–H groups in total. The van der Waals surface area contributed by atoms with E-state index >= 15 is 0 Å². The Balaban J connectivity index is 1.93. The molecule has 1 amide bonds. The number of methoxy groups -OCH3 is 1. The highest BCUT2D eigenvalue weighted by atomic mass is 35.5. The molecule has 0 spiro atoms. The van der Waals surface area contributed by atoms with Crippen LogP contribution in [0.3, 0.4) is 0 Å². The van der Waals surface area contributed by atoms with E-state index in [0.717, 1.165) is 31.2 Å². The van der Waals surface area contributed by atoms with E-state index in [0.29, 0.717) is 16.5 Å². The molecular formula is C23H26ClNO4. The lowest BCUT2D eigenvalue weighted by molar-refractivity contribution is -0.121. The van der Waals surface area contributed by atoms with Crippen molar-refractivity contribution in [2.24, 2.45) is 0 Å². The number of ether oxygens (including phenoxy) is 2.